The molecule has 0 N–H and O–H groups in total. The first kappa shape index (κ1) is 11.5. The highest BCUT2D eigenvalue weighted by molar-refractivity contribution is 6.33. The molecule has 0 atom stereocenters. The standard InChI is InChI=1S/C17H10ClNO/c18-14-8-4-3-7-13(14)17-19-16-12-6-2-1-5-11(12)9-10-15(16)20-17/h1-10H. The van der Waals surface area contributed by atoms with E-state index in [2.05, 4.69) is 17.1 Å². The van der Waals surface area contributed by atoms with Gasteiger partial charge in [-0.15, -0.1) is 0 Å². The predicted octanol–water partition coefficient (Wildman–Crippen LogP) is 5.30. The molecule has 0 aliphatic rings. The van der Waals surface area contributed by atoms with Gasteiger partial charge in [-0.05, 0) is 23.6 Å². The second kappa shape index (κ2) is 4.36. The average molecular weight is 280 g/mol. The van der Waals surface area contributed by atoms with Gasteiger partial charge in [-0.25, -0.2) is 4.98 Å². The van der Waals surface area contributed by atoms with Crippen LogP contribution in [-0.4, -0.2) is 4.98 Å². The Labute approximate surface area is 120 Å². The van der Waals surface area contributed by atoms with Crippen molar-refractivity contribution in [1.82, 2.24) is 4.98 Å². The third kappa shape index (κ3) is 1.69. The maximum absolute atomic E-state index is 6.20. The fourth-order valence-electron chi connectivity index (χ4n) is 2.41. The fourth-order valence-corrected chi connectivity index (χ4v) is 2.63. The van der Waals surface area contributed by atoms with Gasteiger partial charge in [0, 0.05) is 5.39 Å². The van der Waals surface area contributed by atoms with Gasteiger partial charge in [-0.2, -0.15) is 0 Å². The molecule has 3 aromatic carbocycles. The highest BCUT2D eigenvalue weighted by Gasteiger charge is 2.12. The molecule has 1 aromatic heterocycles. The molecule has 4 rings (SSSR count). The van der Waals surface area contributed by atoms with Gasteiger partial charge in [0.15, 0.2) is 5.58 Å². The zero-order valence-electron chi connectivity index (χ0n) is 10.5. The van der Waals surface area contributed by atoms with Crippen LogP contribution in [0.3, 0.4) is 0 Å². The Morgan fingerprint density at radius 3 is 2.55 bits per heavy atom. The first-order valence-electron chi connectivity index (χ1n) is 6.36. The molecular weight excluding hydrogens is 270 g/mol. The Kier molecular flexibility index (Phi) is 2.51. The van der Waals surface area contributed by atoms with Crippen molar-refractivity contribution in [3.8, 4) is 11.5 Å². The van der Waals surface area contributed by atoms with Crippen LogP contribution in [0.25, 0.3) is 33.3 Å². The summed E-state index contributed by atoms with van der Waals surface area (Å²) in [7, 11) is 0. The van der Waals surface area contributed by atoms with Gasteiger partial charge < -0.3 is 4.42 Å². The number of oxazole rings is 1. The van der Waals surface area contributed by atoms with Crippen molar-refractivity contribution in [1.29, 1.82) is 0 Å². The van der Waals surface area contributed by atoms with E-state index in [-0.39, 0.29) is 0 Å². The molecular formula is C17H10ClNO. The van der Waals surface area contributed by atoms with Crippen LogP contribution >= 0.6 is 11.6 Å². The lowest BCUT2D eigenvalue weighted by Crippen LogP contribution is -1.78. The lowest BCUT2D eigenvalue weighted by molar-refractivity contribution is 0.620. The van der Waals surface area contributed by atoms with Crippen molar-refractivity contribution in [3.63, 3.8) is 0 Å². The minimum atomic E-state index is 0.557. The first-order valence-corrected chi connectivity index (χ1v) is 6.74. The van der Waals surface area contributed by atoms with Crippen LogP contribution in [0.5, 0.6) is 0 Å². The number of rotatable bonds is 1. The molecule has 0 fully saturated rings. The number of hydrogen-bond donors (Lipinski definition) is 0. The number of fused-ring (bicyclic) bond motifs is 3. The van der Waals surface area contributed by atoms with Crippen molar-refractivity contribution in [2.24, 2.45) is 0 Å². The number of nitrogens with zero attached hydrogens (tertiary/aromatic N) is 1. The third-order valence-corrected chi connectivity index (χ3v) is 3.72. The van der Waals surface area contributed by atoms with E-state index >= 15 is 0 Å². The van der Waals surface area contributed by atoms with Gasteiger partial charge in [0.25, 0.3) is 0 Å². The molecule has 0 radical (unpaired) electrons. The van der Waals surface area contributed by atoms with E-state index in [0.717, 1.165) is 27.4 Å². The maximum Gasteiger partial charge on any atom is 0.228 e. The van der Waals surface area contributed by atoms with Crippen LogP contribution in [-0.2, 0) is 0 Å². The molecule has 0 saturated heterocycles. The van der Waals surface area contributed by atoms with E-state index in [0.29, 0.717) is 10.9 Å². The van der Waals surface area contributed by atoms with Gasteiger partial charge in [0.05, 0.1) is 10.6 Å². The minimum absolute atomic E-state index is 0.557. The molecule has 0 amide bonds. The topological polar surface area (TPSA) is 26.0 Å². The number of benzene rings is 3. The van der Waals surface area contributed by atoms with Crippen molar-refractivity contribution < 1.29 is 4.42 Å². The third-order valence-electron chi connectivity index (χ3n) is 3.39. The summed E-state index contributed by atoms with van der Waals surface area (Å²) in [4.78, 5) is 4.62. The minimum Gasteiger partial charge on any atom is -0.436 e. The van der Waals surface area contributed by atoms with Gasteiger partial charge >= 0.3 is 0 Å². The number of aromatic nitrogens is 1. The highest BCUT2D eigenvalue weighted by atomic mass is 35.5. The van der Waals surface area contributed by atoms with Crippen molar-refractivity contribution in [2.45, 2.75) is 0 Å². The van der Waals surface area contributed by atoms with Crippen LogP contribution in [0.1, 0.15) is 0 Å². The zero-order chi connectivity index (χ0) is 13.5. The Balaban J connectivity index is 2.04. The molecule has 4 aromatic rings. The monoisotopic (exact) mass is 279 g/mol. The molecule has 1 heterocycles. The van der Waals surface area contributed by atoms with Crippen molar-refractivity contribution in [3.05, 3.63) is 65.7 Å². The van der Waals surface area contributed by atoms with Gasteiger partial charge in [-0.3, -0.25) is 0 Å². The van der Waals surface area contributed by atoms with E-state index in [1.165, 1.54) is 0 Å². The summed E-state index contributed by atoms with van der Waals surface area (Å²) < 4.78 is 5.85. The maximum atomic E-state index is 6.20. The van der Waals surface area contributed by atoms with Gasteiger partial charge in [0.2, 0.25) is 5.89 Å². The Morgan fingerprint density at radius 1 is 0.850 bits per heavy atom. The largest absolute Gasteiger partial charge is 0.436 e. The van der Waals surface area contributed by atoms with Crippen LogP contribution in [0.15, 0.2) is 65.1 Å². The number of hydrogen-bond acceptors (Lipinski definition) is 2. The summed E-state index contributed by atoms with van der Waals surface area (Å²) in [5.41, 5.74) is 2.46. The second-order valence-corrected chi connectivity index (χ2v) is 5.04. The summed E-state index contributed by atoms with van der Waals surface area (Å²) in [5, 5.41) is 2.88. The molecule has 0 saturated carbocycles. The molecule has 0 unspecified atom stereocenters. The average Bonchev–Trinajstić information content (AvgIpc) is 2.92. The molecule has 0 spiro atoms. The molecule has 20 heavy (non-hydrogen) atoms. The smallest absolute Gasteiger partial charge is 0.228 e. The summed E-state index contributed by atoms with van der Waals surface area (Å²) >= 11 is 6.20. The lowest BCUT2D eigenvalue weighted by Gasteiger charge is -1.96. The summed E-state index contributed by atoms with van der Waals surface area (Å²) in [5.74, 6) is 0.557. The Morgan fingerprint density at radius 2 is 1.65 bits per heavy atom. The quantitative estimate of drug-likeness (QED) is 0.472. The SMILES string of the molecule is Clc1ccccc1-c1nc2c(ccc3ccccc32)o1. The van der Waals surface area contributed by atoms with E-state index < -0.39 is 0 Å². The number of halogens is 1. The lowest BCUT2D eigenvalue weighted by atomic mass is 10.1. The van der Waals surface area contributed by atoms with Gasteiger partial charge in [-0.1, -0.05) is 54.1 Å². The van der Waals surface area contributed by atoms with Crippen LogP contribution in [0.4, 0.5) is 0 Å². The first-order chi connectivity index (χ1) is 9.83. The molecule has 0 aliphatic heterocycles. The molecule has 3 heteroatoms. The zero-order valence-corrected chi connectivity index (χ0v) is 11.3. The van der Waals surface area contributed by atoms with E-state index in [1.54, 1.807) is 0 Å². The van der Waals surface area contributed by atoms with E-state index in [1.807, 2.05) is 48.5 Å². The van der Waals surface area contributed by atoms with Crippen molar-refractivity contribution in [2.75, 3.05) is 0 Å². The molecule has 0 aliphatic carbocycles. The molecule has 96 valence electrons. The summed E-state index contributed by atoms with van der Waals surface area (Å²) in [6.07, 6.45) is 0. The normalized spacial score (nSPS) is 11.2. The fraction of sp³-hybridized carbons (Fsp3) is 0. The summed E-state index contributed by atoms with van der Waals surface area (Å²) in [6, 6.07) is 19.7. The van der Waals surface area contributed by atoms with Crippen LogP contribution in [0, 0.1) is 0 Å². The van der Waals surface area contributed by atoms with Crippen LogP contribution < -0.4 is 0 Å². The predicted molar refractivity (Wildman–Crippen MR) is 82.0 cm³/mol. The van der Waals surface area contributed by atoms with E-state index in [9.17, 15) is 0 Å². The second-order valence-electron chi connectivity index (χ2n) is 4.63. The van der Waals surface area contributed by atoms with E-state index in [4.69, 9.17) is 16.0 Å². The molecule has 2 nitrogen and oxygen atoms in total. The van der Waals surface area contributed by atoms with Crippen LogP contribution in [0.2, 0.25) is 5.02 Å². The summed E-state index contributed by atoms with van der Waals surface area (Å²) in [6.45, 7) is 0. The Bertz CT molecular complexity index is 926. The molecule has 0 bridgehead atoms. The van der Waals surface area contributed by atoms with Gasteiger partial charge in [0.1, 0.15) is 5.52 Å². The Hall–Kier alpha value is -2.32. The van der Waals surface area contributed by atoms with Crippen molar-refractivity contribution >= 4 is 33.5 Å². The highest BCUT2D eigenvalue weighted by Crippen LogP contribution is 2.32.